The number of nitrogens with one attached hydrogen (secondary N) is 2. The number of amides is 2. The normalized spacial score (nSPS) is 8.97. The van der Waals surface area contributed by atoms with Crippen LogP contribution in [0.25, 0.3) is 0 Å². The van der Waals surface area contributed by atoms with Crippen molar-refractivity contribution in [3.63, 3.8) is 0 Å². The van der Waals surface area contributed by atoms with E-state index in [1.807, 2.05) is 52.2 Å². The number of primary amides is 2. The van der Waals surface area contributed by atoms with Gasteiger partial charge in [0, 0.05) is 49.0 Å². The monoisotopic (exact) mass is 434 g/mol. The fraction of sp³-hybridized carbons (Fsp3) is 0.263. The average molecular weight is 435 g/mol. The first-order valence-electron chi connectivity index (χ1n) is 8.46. The van der Waals surface area contributed by atoms with Crippen molar-refractivity contribution in [1.82, 2.24) is 20.6 Å². The maximum absolute atomic E-state index is 9.73. The number of hydrogen-bond donors (Lipinski definition) is 4. The molecule has 0 bridgehead atoms. The second-order valence-corrected chi connectivity index (χ2v) is 6.46. The van der Waals surface area contributed by atoms with Crippen molar-refractivity contribution in [2.45, 2.75) is 20.3 Å². The molecule has 8 nitrogen and oxygen atoms in total. The molecule has 2 aromatic heterocycles. The topological polar surface area (TPSA) is 136 Å². The second kappa shape index (κ2) is 14.1. The SMILES string of the molecule is CNC(=S)c1ccc(C)nc1.CNC(=S)c1ccc(C)nc1.NC(=O)CC(N)=O. The van der Waals surface area contributed by atoms with Crippen LogP contribution in [0, 0.1) is 13.8 Å². The molecule has 10 heteroatoms. The molecule has 0 aliphatic rings. The Kier molecular flexibility index (Phi) is 12.6. The van der Waals surface area contributed by atoms with E-state index in [0.29, 0.717) is 0 Å². The molecule has 2 heterocycles. The van der Waals surface area contributed by atoms with Gasteiger partial charge in [-0.05, 0) is 38.1 Å². The number of rotatable bonds is 4. The van der Waals surface area contributed by atoms with Crippen molar-refractivity contribution in [3.8, 4) is 0 Å². The van der Waals surface area contributed by atoms with Crippen LogP contribution in [0.15, 0.2) is 36.7 Å². The van der Waals surface area contributed by atoms with Crippen molar-refractivity contribution in [2.75, 3.05) is 14.1 Å². The molecular weight excluding hydrogens is 408 g/mol. The van der Waals surface area contributed by atoms with E-state index < -0.39 is 11.8 Å². The minimum atomic E-state index is -0.687. The molecule has 0 unspecified atom stereocenters. The summed E-state index contributed by atoms with van der Waals surface area (Å²) in [6.07, 6.45) is 3.18. The van der Waals surface area contributed by atoms with Crippen LogP contribution in [-0.4, -0.2) is 45.9 Å². The lowest BCUT2D eigenvalue weighted by atomic mass is 10.2. The quantitative estimate of drug-likeness (QED) is 0.412. The van der Waals surface area contributed by atoms with Crippen LogP contribution >= 0.6 is 24.4 Å². The Hall–Kier alpha value is -2.98. The zero-order valence-corrected chi connectivity index (χ0v) is 18.5. The molecule has 2 aromatic rings. The van der Waals surface area contributed by atoms with Crippen LogP contribution in [0.4, 0.5) is 0 Å². The molecule has 2 rings (SSSR count). The Bertz CT molecular complexity index is 754. The van der Waals surface area contributed by atoms with Crippen LogP contribution in [0.2, 0.25) is 0 Å². The Morgan fingerprint density at radius 2 is 1.17 bits per heavy atom. The largest absolute Gasteiger partial charge is 0.379 e. The van der Waals surface area contributed by atoms with Crippen LogP contribution in [0.1, 0.15) is 28.9 Å². The summed E-state index contributed by atoms with van der Waals surface area (Å²) in [5.74, 6) is -1.37. The maximum Gasteiger partial charge on any atom is 0.226 e. The first-order valence-corrected chi connectivity index (χ1v) is 9.28. The lowest BCUT2D eigenvalue weighted by Gasteiger charge is -2.01. The Morgan fingerprint density at radius 3 is 1.34 bits per heavy atom. The number of hydrogen-bond acceptors (Lipinski definition) is 6. The molecule has 0 radical (unpaired) electrons. The third-order valence-corrected chi connectivity index (χ3v) is 4.03. The van der Waals surface area contributed by atoms with Gasteiger partial charge in [0.15, 0.2) is 0 Å². The highest BCUT2D eigenvalue weighted by molar-refractivity contribution is 7.81. The van der Waals surface area contributed by atoms with Gasteiger partial charge in [0.1, 0.15) is 16.4 Å². The predicted octanol–water partition coefficient (Wildman–Crippen LogP) is 0.917. The molecule has 6 N–H and O–H groups in total. The Morgan fingerprint density at radius 1 is 0.828 bits per heavy atom. The first-order chi connectivity index (χ1) is 13.6. The van der Waals surface area contributed by atoms with Crippen LogP contribution in [-0.2, 0) is 9.59 Å². The third-order valence-electron chi connectivity index (χ3n) is 3.15. The first kappa shape index (κ1) is 26.0. The highest BCUT2D eigenvalue weighted by atomic mass is 32.1. The van der Waals surface area contributed by atoms with E-state index in [1.165, 1.54) is 0 Å². The van der Waals surface area contributed by atoms with Gasteiger partial charge in [0.2, 0.25) is 11.8 Å². The highest BCUT2D eigenvalue weighted by Crippen LogP contribution is 2.00. The van der Waals surface area contributed by atoms with Gasteiger partial charge < -0.3 is 22.1 Å². The van der Waals surface area contributed by atoms with E-state index in [-0.39, 0.29) is 6.42 Å². The molecule has 0 aliphatic heterocycles. The summed E-state index contributed by atoms with van der Waals surface area (Å²) < 4.78 is 0. The number of aryl methyl sites for hydroxylation is 2. The smallest absolute Gasteiger partial charge is 0.226 e. The Labute approximate surface area is 181 Å². The van der Waals surface area contributed by atoms with Crippen LogP contribution in [0.3, 0.4) is 0 Å². The molecular formula is C19H26N6O2S2. The Balaban J connectivity index is 0.000000419. The van der Waals surface area contributed by atoms with Crippen molar-refractivity contribution < 1.29 is 9.59 Å². The van der Waals surface area contributed by atoms with Gasteiger partial charge in [0.05, 0.1) is 0 Å². The second-order valence-electron chi connectivity index (χ2n) is 5.64. The van der Waals surface area contributed by atoms with Crippen LogP contribution in [0.5, 0.6) is 0 Å². The number of nitrogens with two attached hydrogens (primary N) is 2. The van der Waals surface area contributed by atoms with Gasteiger partial charge in [-0.3, -0.25) is 19.6 Å². The number of carbonyl (C=O) groups excluding carboxylic acids is 2. The standard InChI is InChI=1S/2C8H10N2S.C3H6N2O2/c2*1-6-3-4-7(5-10-6)8(11)9-2;4-2(6)1-3(5)7/h2*3-5H,1-2H3,(H,9,11);1H2,(H2,4,6)(H2,5,7). The van der Waals surface area contributed by atoms with Gasteiger partial charge in [-0.15, -0.1) is 0 Å². The molecule has 156 valence electrons. The summed E-state index contributed by atoms with van der Waals surface area (Å²) in [6.45, 7) is 3.90. The zero-order valence-electron chi connectivity index (χ0n) is 16.9. The summed E-state index contributed by atoms with van der Waals surface area (Å²) in [7, 11) is 3.62. The molecule has 0 atom stereocenters. The lowest BCUT2D eigenvalue weighted by Crippen LogP contribution is -2.21. The van der Waals surface area contributed by atoms with E-state index in [1.54, 1.807) is 12.4 Å². The highest BCUT2D eigenvalue weighted by Gasteiger charge is 1.97. The van der Waals surface area contributed by atoms with E-state index >= 15 is 0 Å². The number of thiocarbonyl (C=S) groups is 2. The molecule has 0 fully saturated rings. The molecule has 2 amide bonds. The summed E-state index contributed by atoms with van der Waals surface area (Å²) in [5.41, 5.74) is 13.1. The molecule has 0 saturated carbocycles. The van der Waals surface area contributed by atoms with E-state index in [9.17, 15) is 9.59 Å². The average Bonchev–Trinajstić information content (AvgIpc) is 2.68. The molecule has 0 saturated heterocycles. The van der Waals surface area contributed by atoms with Crippen molar-refractivity contribution in [3.05, 3.63) is 59.2 Å². The third kappa shape index (κ3) is 12.2. The van der Waals surface area contributed by atoms with Gasteiger partial charge in [-0.2, -0.15) is 0 Å². The molecule has 29 heavy (non-hydrogen) atoms. The summed E-state index contributed by atoms with van der Waals surface area (Å²) >= 11 is 10.0. The lowest BCUT2D eigenvalue weighted by molar-refractivity contribution is -0.125. The molecule has 0 aromatic carbocycles. The van der Waals surface area contributed by atoms with Crippen molar-refractivity contribution in [1.29, 1.82) is 0 Å². The minimum Gasteiger partial charge on any atom is -0.379 e. The van der Waals surface area contributed by atoms with Gasteiger partial charge >= 0.3 is 0 Å². The van der Waals surface area contributed by atoms with Crippen LogP contribution < -0.4 is 22.1 Å². The van der Waals surface area contributed by atoms with Gasteiger partial charge in [-0.25, -0.2) is 0 Å². The van der Waals surface area contributed by atoms with E-state index in [0.717, 1.165) is 32.5 Å². The molecule has 0 aliphatic carbocycles. The number of carbonyl (C=O) groups is 2. The summed E-state index contributed by atoms with van der Waals surface area (Å²) in [5, 5.41) is 5.78. The number of aromatic nitrogens is 2. The van der Waals surface area contributed by atoms with Crippen molar-refractivity contribution in [2.24, 2.45) is 11.5 Å². The fourth-order valence-corrected chi connectivity index (χ4v) is 1.91. The van der Waals surface area contributed by atoms with Gasteiger partial charge in [-0.1, -0.05) is 24.4 Å². The van der Waals surface area contributed by atoms with Gasteiger partial charge in [0.25, 0.3) is 0 Å². The minimum absolute atomic E-state index is 0.361. The fourth-order valence-electron chi connectivity index (χ4n) is 1.66. The predicted molar refractivity (Wildman–Crippen MR) is 122 cm³/mol. The maximum atomic E-state index is 9.73. The zero-order chi connectivity index (χ0) is 22.4. The van der Waals surface area contributed by atoms with E-state index in [2.05, 4.69) is 32.1 Å². The van der Waals surface area contributed by atoms with E-state index in [4.69, 9.17) is 24.4 Å². The summed E-state index contributed by atoms with van der Waals surface area (Å²) in [6, 6.07) is 7.81. The molecule has 0 spiro atoms. The number of pyridine rings is 2. The summed E-state index contributed by atoms with van der Waals surface area (Å²) in [4.78, 5) is 29.2. The number of nitrogens with zero attached hydrogens (tertiary/aromatic N) is 2. The van der Waals surface area contributed by atoms with Crippen molar-refractivity contribution >= 4 is 46.2 Å².